The lowest BCUT2D eigenvalue weighted by molar-refractivity contribution is 0.659. The molecule has 0 spiro atoms. The Bertz CT molecular complexity index is 409. The normalized spacial score (nSPS) is 10.5. The second-order valence-electron chi connectivity index (χ2n) is 3.06. The van der Waals surface area contributed by atoms with E-state index in [4.69, 9.17) is 0 Å². The zero-order chi connectivity index (χ0) is 10.5. The van der Waals surface area contributed by atoms with Gasteiger partial charge < -0.3 is 5.32 Å². The molecule has 0 fully saturated rings. The molecule has 78 valence electrons. The van der Waals surface area contributed by atoms with Gasteiger partial charge in [-0.1, -0.05) is 13.0 Å². The molecule has 0 bridgehead atoms. The van der Waals surface area contributed by atoms with E-state index in [-0.39, 0.29) is 0 Å². The first-order valence-electron chi connectivity index (χ1n) is 4.93. The van der Waals surface area contributed by atoms with E-state index in [1.807, 2.05) is 18.2 Å². The average Bonchev–Trinajstić information content (AvgIpc) is 2.75. The summed E-state index contributed by atoms with van der Waals surface area (Å²) in [6, 6.07) is 5.72. The summed E-state index contributed by atoms with van der Waals surface area (Å²) in [5.74, 6) is 1.67. The molecule has 5 heteroatoms. The van der Waals surface area contributed by atoms with Crippen molar-refractivity contribution in [2.45, 2.75) is 13.5 Å². The molecule has 15 heavy (non-hydrogen) atoms. The number of aromatic nitrogens is 4. The first kappa shape index (κ1) is 9.79. The number of nitrogens with zero attached hydrogens (tertiary/aromatic N) is 4. The number of hydrogen-bond acceptors (Lipinski definition) is 4. The Balaban J connectivity index is 2.25. The summed E-state index contributed by atoms with van der Waals surface area (Å²) < 4.78 is 1.74. The second-order valence-corrected chi connectivity index (χ2v) is 3.06. The molecule has 0 saturated carbocycles. The van der Waals surface area contributed by atoms with E-state index in [2.05, 4.69) is 27.3 Å². The number of rotatable bonds is 4. The van der Waals surface area contributed by atoms with Crippen molar-refractivity contribution in [2.75, 3.05) is 6.54 Å². The molecule has 5 nitrogen and oxygen atoms in total. The lowest BCUT2D eigenvalue weighted by atomic mass is 10.4. The molecule has 0 aliphatic rings. The van der Waals surface area contributed by atoms with Crippen molar-refractivity contribution in [3.63, 3.8) is 0 Å². The second kappa shape index (κ2) is 4.65. The maximum atomic E-state index is 4.22. The zero-order valence-electron chi connectivity index (χ0n) is 8.59. The first-order valence-corrected chi connectivity index (χ1v) is 4.93. The monoisotopic (exact) mass is 203 g/mol. The minimum atomic E-state index is 0.701. The van der Waals surface area contributed by atoms with Gasteiger partial charge in [0.15, 0.2) is 5.82 Å². The Hall–Kier alpha value is -1.75. The molecule has 0 saturated heterocycles. The predicted octanol–water partition coefficient (Wildman–Crippen LogP) is 0.772. The Kier molecular flexibility index (Phi) is 3.04. The van der Waals surface area contributed by atoms with E-state index in [9.17, 15) is 0 Å². The molecular formula is C10H13N5. The van der Waals surface area contributed by atoms with Gasteiger partial charge in [-0.2, -0.15) is 9.78 Å². The average molecular weight is 203 g/mol. The van der Waals surface area contributed by atoms with Gasteiger partial charge in [-0.05, 0) is 18.7 Å². The zero-order valence-corrected chi connectivity index (χ0v) is 8.59. The molecule has 0 amide bonds. The molecule has 2 aromatic heterocycles. The van der Waals surface area contributed by atoms with Gasteiger partial charge in [-0.15, -0.1) is 0 Å². The van der Waals surface area contributed by atoms with Crippen LogP contribution in [0.4, 0.5) is 0 Å². The molecule has 2 heterocycles. The van der Waals surface area contributed by atoms with Gasteiger partial charge in [-0.25, -0.2) is 9.97 Å². The van der Waals surface area contributed by atoms with Crippen LogP contribution in [0.15, 0.2) is 30.7 Å². The van der Waals surface area contributed by atoms with Gasteiger partial charge in [0.25, 0.3) is 0 Å². The molecule has 0 atom stereocenters. The molecular weight excluding hydrogens is 190 g/mol. The summed E-state index contributed by atoms with van der Waals surface area (Å²) >= 11 is 0. The summed E-state index contributed by atoms with van der Waals surface area (Å²) in [5, 5.41) is 7.35. The van der Waals surface area contributed by atoms with Gasteiger partial charge >= 0.3 is 0 Å². The Morgan fingerprint density at radius 3 is 3.00 bits per heavy atom. The Morgan fingerprint density at radius 2 is 2.27 bits per heavy atom. The lowest BCUT2D eigenvalue weighted by Gasteiger charge is -2.04. The maximum Gasteiger partial charge on any atom is 0.155 e. The van der Waals surface area contributed by atoms with Crippen LogP contribution in [-0.4, -0.2) is 26.3 Å². The number of hydrogen-bond donors (Lipinski definition) is 1. The van der Waals surface area contributed by atoms with Crippen molar-refractivity contribution < 1.29 is 0 Å². The fourth-order valence-corrected chi connectivity index (χ4v) is 1.29. The third-order valence-corrected chi connectivity index (χ3v) is 2.02. The van der Waals surface area contributed by atoms with E-state index >= 15 is 0 Å². The number of pyridine rings is 1. The molecule has 0 aliphatic heterocycles. The van der Waals surface area contributed by atoms with E-state index in [1.54, 1.807) is 17.2 Å². The van der Waals surface area contributed by atoms with Crippen LogP contribution >= 0.6 is 0 Å². The maximum absolute atomic E-state index is 4.22. The molecule has 0 aromatic carbocycles. The Labute approximate surface area is 88.2 Å². The lowest BCUT2D eigenvalue weighted by Crippen LogP contribution is -2.16. The predicted molar refractivity (Wildman–Crippen MR) is 56.5 cm³/mol. The quantitative estimate of drug-likeness (QED) is 0.797. The third-order valence-electron chi connectivity index (χ3n) is 2.02. The first-order chi connectivity index (χ1) is 7.42. The van der Waals surface area contributed by atoms with Gasteiger partial charge in [-0.3, -0.25) is 0 Å². The van der Waals surface area contributed by atoms with Crippen LogP contribution in [0.2, 0.25) is 0 Å². The summed E-state index contributed by atoms with van der Waals surface area (Å²) in [5.41, 5.74) is 0. The SMILES string of the molecule is CCNCc1ncnn1-c1ccccn1. The molecule has 0 aliphatic carbocycles. The highest BCUT2D eigenvalue weighted by molar-refractivity contribution is 5.20. The van der Waals surface area contributed by atoms with Crippen molar-refractivity contribution in [3.8, 4) is 5.82 Å². The van der Waals surface area contributed by atoms with Crippen LogP contribution < -0.4 is 5.32 Å². The largest absolute Gasteiger partial charge is 0.310 e. The fourth-order valence-electron chi connectivity index (χ4n) is 1.29. The molecule has 2 rings (SSSR count). The van der Waals surface area contributed by atoms with Crippen molar-refractivity contribution in [3.05, 3.63) is 36.5 Å². The fraction of sp³-hybridized carbons (Fsp3) is 0.300. The highest BCUT2D eigenvalue weighted by atomic mass is 15.4. The van der Waals surface area contributed by atoms with Crippen LogP contribution in [0, 0.1) is 0 Å². The van der Waals surface area contributed by atoms with Crippen LogP contribution in [-0.2, 0) is 6.54 Å². The van der Waals surface area contributed by atoms with Gasteiger partial charge in [0.05, 0.1) is 6.54 Å². The van der Waals surface area contributed by atoms with Crippen LogP contribution in [0.5, 0.6) is 0 Å². The van der Waals surface area contributed by atoms with Crippen molar-refractivity contribution in [2.24, 2.45) is 0 Å². The van der Waals surface area contributed by atoms with Crippen LogP contribution in [0.3, 0.4) is 0 Å². The molecule has 0 radical (unpaired) electrons. The van der Waals surface area contributed by atoms with E-state index in [0.717, 1.165) is 18.2 Å². The molecule has 0 unspecified atom stereocenters. The highest BCUT2D eigenvalue weighted by Crippen LogP contribution is 2.03. The molecule has 1 N–H and O–H groups in total. The minimum absolute atomic E-state index is 0.701. The van der Waals surface area contributed by atoms with Crippen LogP contribution in [0.25, 0.3) is 5.82 Å². The smallest absolute Gasteiger partial charge is 0.155 e. The van der Waals surface area contributed by atoms with E-state index < -0.39 is 0 Å². The number of nitrogens with one attached hydrogen (secondary N) is 1. The van der Waals surface area contributed by atoms with Crippen molar-refractivity contribution >= 4 is 0 Å². The molecule has 2 aromatic rings. The third kappa shape index (κ3) is 2.19. The van der Waals surface area contributed by atoms with Crippen LogP contribution in [0.1, 0.15) is 12.7 Å². The Morgan fingerprint density at radius 1 is 1.33 bits per heavy atom. The van der Waals surface area contributed by atoms with Gasteiger partial charge in [0, 0.05) is 6.20 Å². The summed E-state index contributed by atoms with van der Waals surface area (Å²) in [7, 11) is 0. The van der Waals surface area contributed by atoms with Gasteiger partial charge in [0.2, 0.25) is 0 Å². The minimum Gasteiger partial charge on any atom is -0.310 e. The van der Waals surface area contributed by atoms with Crippen molar-refractivity contribution in [1.82, 2.24) is 25.1 Å². The summed E-state index contributed by atoms with van der Waals surface area (Å²) in [4.78, 5) is 8.40. The highest BCUT2D eigenvalue weighted by Gasteiger charge is 2.05. The topological polar surface area (TPSA) is 55.6 Å². The van der Waals surface area contributed by atoms with Crippen molar-refractivity contribution in [1.29, 1.82) is 0 Å². The summed E-state index contributed by atoms with van der Waals surface area (Å²) in [6.07, 6.45) is 3.29. The van der Waals surface area contributed by atoms with E-state index in [0.29, 0.717) is 6.54 Å². The standard InChI is InChI=1S/C10H13N5/c1-2-11-7-10-13-8-14-15(10)9-5-3-4-6-12-9/h3-6,8,11H,2,7H2,1H3. The van der Waals surface area contributed by atoms with Gasteiger partial charge in [0.1, 0.15) is 12.2 Å². The summed E-state index contributed by atoms with van der Waals surface area (Å²) in [6.45, 7) is 3.67. The van der Waals surface area contributed by atoms with E-state index in [1.165, 1.54) is 0 Å².